The Kier molecular flexibility index (Phi) is 4.16. The minimum atomic E-state index is -0.857. The quantitative estimate of drug-likeness (QED) is 0.896. The van der Waals surface area contributed by atoms with Crippen molar-refractivity contribution < 1.29 is 14.7 Å². The lowest BCUT2D eigenvalue weighted by Crippen LogP contribution is -2.30. The second kappa shape index (κ2) is 5.51. The summed E-state index contributed by atoms with van der Waals surface area (Å²) in [5, 5.41) is 9.44. The molecule has 1 amide bonds. The lowest BCUT2D eigenvalue weighted by atomic mass is 9.99. The number of halogens is 2. The lowest BCUT2D eigenvalue weighted by molar-refractivity contribution is -0.142. The zero-order chi connectivity index (χ0) is 14.2. The number of carboxylic acid groups (broad SMARTS) is 1. The molecule has 0 saturated carbocycles. The minimum absolute atomic E-state index is 0.0457. The maximum absolute atomic E-state index is 12.3. The van der Waals surface area contributed by atoms with Gasteiger partial charge in [0.15, 0.2) is 0 Å². The van der Waals surface area contributed by atoms with E-state index >= 15 is 0 Å². The van der Waals surface area contributed by atoms with Crippen LogP contribution in [0.5, 0.6) is 0 Å². The van der Waals surface area contributed by atoms with Crippen molar-refractivity contribution >= 4 is 39.4 Å². The summed E-state index contributed by atoms with van der Waals surface area (Å²) >= 11 is 9.32. The fourth-order valence-electron chi connectivity index (χ4n) is 2.29. The van der Waals surface area contributed by atoms with Crippen molar-refractivity contribution in [3.63, 3.8) is 0 Å². The van der Waals surface area contributed by atoms with Crippen LogP contribution in [0.1, 0.15) is 17.3 Å². The highest BCUT2D eigenvalue weighted by Crippen LogP contribution is 2.28. The van der Waals surface area contributed by atoms with Crippen molar-refractivity contribution in [2.45, 2.75) is 6.92 Å². The van der Waals surface area contributed by atoms with Gasteiger partial charge in [0.2, 0.25) is 0 Å². The number of carbonyl (C=O) groups excluding carboxylic acids is 1. The van der Waals surface area contributed by atoms with E-state index in [-0.39, 0.29) is 18.4 Å². The van der Waals surface area contributed by atoms with Crippen molar-refractivity contribution in [2.75, 3.05) is 13.1 Å². The molecule has 1 heterocycles. The van der Waals surface area contributed by atoms with E-state index in [4.69, 9.17) is 16.7 Å². The first-order chi connectivity index (χ1) is 8.90. The number of hydrogen-bond acceptors (Lipinski definition) is 2. The lowest BCUT2D eigenvalue weighted by Gasteiger charge is -2.16. The maximum atomic E-state index is 12.3. The minimum Gasteiger partial charge on any atom is -0.481 e. The number of carboxylic acids is 1. The van der Waals surface area contributed by atoms with Crippen LogP contribution in [0.3, 0.4) is 0 Å². The van der Waals surface area contributed by atoms with Gasteiger partial charge in [-0.1, -0.05) is 34.5 Å². The molecule has 0 spiro atoms. The first kappa shape index (κ1) is 14.3. The summed E-state index contributed by atoms with van der Waals surface area (Å²) in [6, 6.07) is 5.05. The van der Waals surface area contributed by atoms with Gasteiger partial charge in [-0.05, 0) is 24.1 Å². The van der Waals surface area contributed by atoms with Crippen LogP contribution in [-0.4, -0.2) is 35.0 Å². The van der Waals surface area contributed by atoms with Crippen molar-refractivity contribution in [3.8, 4) is 0 Å². The Morgan fingerprint density at radius 1 is 1.42 bits per heavy atom. The molecule has 19 heavy (non-hydrogen) atoms. The largest absolute Gasteiger partial charge is 0.481 e. The van der Waals surface area contributed by atoms with E-state index in [2.05, 4.69) is 15.9 Å². The van der Waals surface area contributed by atoms with Gasteiger partial charge in [0.05, 0.1) is 16.5 Å². The van der Waals surface area contributed by atoms with Gasteiger partial charge in [0, 0.05) is 17.6 Å². The highest BCUT2D eigenvalue weighted by Gasteiger charge is 2.37. The first-order valence-corrected chi connectivity index (χ1v) is 7.04. The molecule has 4 nitrogen and oxygen atoms in total. The zero-order valence-corrected chi connectivity index (χ0v) is 12.6. The number of amides is 1. The van der Waals surface area contributed by atoms with Crippen molar-refractivity contribution in [1.82, 2.24) is 4.90 Å². The second-order valence-corrected chi connectivity index (χ2v) is 6.08. The van der Waals surface area contributed by atoms with E-state index in [9.17, 15) is 9.59 Å². The number of rotatable bonds is 2. The predicted octanol–water partition coefficient (Wildman–Crippen LogP) is 2.90. The van der Waals surface area contributed by atoms with Crippen LogP contribution < -0.4 is 0 Å². The molecule has 1 saturated heterocycles. The van der Waals surface area contributed by atoms with Gasteiger partial charge >= 0.3 is 5.97 Å². The highest BCUT2D eigenvalue weighted by atomic mass is 79.9. The van der Waals surface area contributed by atoms with Gasteiger partial charge in [0.25, 0.3) is 5.91 Å². The molecule has 1 aliphatic rings. The number of aliphatic carboxylic acids is 1. The van der Waals surface area contributed by atoms with Crippen LogP contribution in [0.25, 0.3) is 0 Å². The summed E-state index contributed by atoms with van der Waals surface area (Å²) in [7, 11) is 0. The van der Waals surface area contributed by atoms with E-state index in [1.807, 2.05) is 6.92 Å². The smallest absolute Gasteiger partial charge is 0.308 e. The van der Waals surface area contributed by atoms with Gasteiger partial charge < -0.3 is 10.0 Å². The molecule has 1 N–H and O–H groups in total. The molecule has 0 radical (unpaired) electrons. The molecule has 2 rings (SSSR count). The predicted molar refractivity (Wildman–Crippen MR) is 75.3 cm³/mol. The highest BCUT2D eigenvalue weighted by molar-refractivity contribution is 9.10. The molecule has 102 valence electrons. The molecule has 2 unspecified atom stereocenters. The Labute approximate surface area is 124 Å². The fraction of sp³-hybridized carbons (Fsp3) is 0.385. The summed E-state index contributed by atoms with van der Waals surface area (Å²) < 4.78 is 0.798. The van der Waals surface area contributed by atoms with E-state index in [0.29, 0.717) is 17.1 Å². The van der Waals surface area contributed by atoms with Crippen LogP contribution in [-0.2, 0) is 4.79 Å². The van der Waals surface area contributed by atoms with Crippen LogP contribution in [0.15, 0.2) is 22.7 Å². The monoisotopic (exact) mass is 345 g/mol. The number of nitrogens with zero attached hydrogens (tertiary/aromatic N) is 1. The molecule has 6 heteroatoms. The number of carbonyl (C=O) groups is 2. The van der Waals surface area contributed by atoms with E-state index in [0.717, 1.165) is 4.47 Å². The summed E-state index contributed by atoms with van der Waals surface area (Å²) in [5.41, 5.74) is 0.406. The normalized spacial score (nSPS) is 22.6. The van der Waals surface area contributed by atoms with Gasteiger partial charge in [-0.3, -0.25) is 9.59 Å². The van der Waals surface area contributed by atoms with Crippen LogP contribution >= 0.6 is 27.5 Å². The Balaban J connectivity index is 2.19. The third-order valence-corrected chi connectivity index (χ3v) is 4.18. The molecule has 1 aliphatic heterocycles. The standard InChI is InChI=1S/C13H13BrClNO3/c1-7-5-16(6-10(7)13(18)19)12(17)9-3-2-8(14)4-11(9)15/h2-4,7,10H,5-6H2,1H3,(H,18,19). The fourth-order valence-corrected chi connectivity index (χ4v) is 3.04. The topological polar surface area (TPSA) is 57.6 Å². The Bertz CT molecular complexity index is 535. The van der Waals surface area contributed by atoms with Gasteiger partial charge in [-0.2, -0.15) is 0 Å². The molecule has 2 atom stereocenters. The molecule has 1 aromatic rings. The van der Waals surface area contributed by atoms with E-state index in [1.54, 1.807) is 23.1 Å². The van der Waals surface area contributed by atoms with E-state index < -0.39 is 11.9 Å². The van der Waals surface area contributed by atoms with Gasteiger partial charge in [-0.15, -0.1) is 0 Å². The van der Waals surface area contributed by atoms with Crippen LogP contribution in [0.2, 0.25) is 5.02 Å². The number of likely N-dealkylation sites (tertiary alicyclic amines) is 1. The van der Waals surface area contributed by atoms with Crippen LogP contribution in [0, 0.1) is 11.8 Å². The third kappa shape index (κ3) is 2.92. The third-order valence-electron chi connectivity index (χ3n) is 3.38. The zero-order valence-electron chi connectivity index (χ0n) is 10.3. The average molecular weight is 347 g/mol. The summed E-state index contributed by atoms with van der Waals surface area (Å²) in [4.78, 5) is 24.9. The van der Waals surface area contributed by atoms with E-state index in [1.165, 1.54) is 0 Å². The SMILES string of the molecule is CC1CN(C(=O)c2ccc(Br)cc2Cl)CC1C(=O)O. The molecule has 1 fully saturated rings. The van der Waals surface area contributed by atoms with Crippen molar-refractivity contribution in [2.24, 2.45) is 11.8 Å². The molecule has 0 bridgehead atoms. The summed E-state index contributed by atoms with van der Waals surface area (Å²) in [5.74, 6) is -1.62. The number of hydrogen-bond donors (Lipinski definition) is 1. The first-order valence-electron chi connectivity index (χ1n) is 5.87. The Hall–Kier alpha value is -1.07. The van der Waals surface area contributed by atoms with Crippen molar-refractivity contribution in [1.29, 1.82) is 0 Å². The molecule has 0 aliphatic carbocycles. The number of benzene rings is 1. The molecular formula is C13H13BrClNO3. The Morgan fingerprint density at radius 2 is 2.11 bits per heavy atom. The van der Waals surface area contributed by atoms with Gasteiger partial charge in [0.1, 0.15) is 0 Å². The molecule has 0 aromatic heterocycles. The summed E-state index contributed by atoms with van der Waals surface area (Å²) in [6.45, 7) is 2.53. The Morgan fingerprint density at radius 3 is 2.63 bits per heavy atom. The second-order valence-electron chi connectivity index (χ2n) is 4.76. The average Bonchev–Trinajstić information content (AvgIpc) is 2.70. The van der Waals surface area contributed by atoms with Gasteiger partial charge in [-0.25, -0.2) is 0 Å². The molecular weight excluding hydrogens is 334 g/mol. The van der Waals surface area contributed by atoms with Crippen molar-refractivity contribution in [3.05, 3.63) is 33.3 Å². The maximum Gasteiger partial charge on any atom is 0.308 e. The van der Waals surface area contributed by atoms with Crippen LogP contribution in [0.4, 0.5) is 0 Å². The molecule has 1 aromatic carbocycles. The summed E-state index contributed by atoms with van der Waals surface area (Å²) in [6.07, 6.45) is 0.